The van der Waals surface area contributed by atoms with Gasteiger partial charge in [-0.15, -0.1) is 0 Å². The molecule has 0 aliphatic carbocycles. The summed E-state index contributed by atoms with van der Waals surface area (Å²) < 4.78 is 0. The summed E-state index contributed by atoms with van der Waals surface area (Å²) in [6.07, 6.45) is 5.19. The van der Waals surface area contributed by atoms with Crippen molar-refractivity contribution in [2.75, 3.05) is 26.7 Å². The van der Waals surface area contributed by atoms with Crippen LogP contribution < -0.4 is 5.32 Å². The summed E-state index contributed by atoms with van der Waals surface area (Å²) in [7, 11) is 2.08. The maximum Gasteiger partial charge on any atom is 0.00619 e. The molecule has 1 saturated heterocycles. The maximum absolute atomic E-state index is 3.39. The molecule has 2 unspecified atom stereocenters. The Morgan fingerprint density at radius 2 is 2.11 bits per heavy atom. The van der Waals surface area contributed by atoms with Crippen LogP contribution in [0.15, 0.2) is 30.3 Å². The molecule has 19 heavy (non-hydrogen) atoms. The standard InChI is InChI=1S/C17H28N2/c1-3-17(18-2)10-7-12-19-13-11-16(14-19)15-8-5-4-6-9-15/h4-6,8-9,16-18H,3,7,10-14H2,1-2H3. The lowest BCUT2D eigenvalue weighted by Gasteiger charge is -2.18. The molecule has 1 aliphatic heterocycles. The van der Waals surface area contributed by atoms with Gasteiger partial charge in [0, 0.05) is 12.6 Å². The third-order valence-electron chi connectivity index (χ3n) is 4.47. The summed E-state index contributed by atoms with van der Waals surface area (Å²) >= 11 is 0. The van der Waals surface area contributed by atoms with E-state index in [1.165, 1.54) is 50.9 Å². The Bertz CT molecular complexity index is 346. The third-order valence-corrected chi connectivity index (χ3v) is 4.47. The summed E-state index contributed by atoms with van der Waals surface area (Å²) in [6, 6.07) is 11.7. The zero-order chi connectivity index (χ0) is 13.5. The van der Waals surface area contributed by atoms with Gasteiger partial charge in [0.1, 0.15) is 0 Å². The highest BCUT2D eigenvalue weighted by Crippen LogP contribution is 2.26. The third kappa shape index (κ3) is 4.32. The highest BCUT2D eigenvalue weighted by molar-refractivity contribution is 5.20. The van der Waals surface area contributed by atoms with E-state index in [0.717, 1.165) is 5.92 Å². The van der Waals surface area contributed by atoms with Crippen molar-refractivity contribution >= 4 is 0 Å². The van der Waals surface area contributed by atoms with Crippen LogP contribution in [0.3, 0.4) is 0 Å². The smallest absolute Gasteiger partial charge is 0.00619 e. The van der Waals surface area contributed by atoms with Gasteiger partial charge in [-0.2, -0.15) is 0 Å². The number of likely N-dealkylation sites (tertiary alicyclic amines) is 1. The van der Waals surface area contributed by atoms with Gasteiger partial charge in [0.05, 0.1) is 0 Å². The van der Waals surface area contributed by atoms with Gasteiger partial charge in [0.15, 0.2) is 0 Å². The second-order valence-electron chi connectivity index (χ2n) is 5.73. The minimum atomic E-state index is 0.701. The molecular formula is C17H28N2. The largest absolute Gasteiger partial charge is 0.317 e. The SMILES string of the molecule is CCC(CCCN1CCC(c2ccccc2)C1)NC. The molecule has 2 atom stereocenters. The maximum atomic E-state index is 3.39. The molecule has 0 radical (unpaired) electrons. The highest BCUT2D eigenvalue weighted by atomic mass is 15.1. The van der Waals surface area contributed by atoms with Crippen LogP contribution in [0.25, 0.3) is 0 Å². The van der Waals surface area contributed by atoms with Crippen molar-refractivity contribution in [3.63, 3.8) is 0 Å². The molecule has 0 spiro atoms. The molecule has 2 nitrogen and oxygen atoms in total. The molecule has 1 aromatic rings. The molecule has 1 heterocycles. The Balaban J connectivity index is 1.71. The van der Waals surface area contributed by atoms with Crippen LogP contribution in [0.4, 0.5) is 0 Å². The lowest BCUT2D eigenvalue weighted by molar-refractivity contribution is 0.315. The van der Waals surface area contributed by atoms with Gasteiger partial charge in [-0.1, -0.05) is 37.3 Å². The summed E-state index contributed by atoms with van der Waals surface area (Å²) in [5.41, 5.74) is 1.52. The van der Waals surface area contributed by atoms with Crippen molar-refractivity contribution in [2.24, 2.45) is 0 Å². The Kier molecular flexibility index (Phi) is 5.87. The fourth-order valence-electron chi connectivity index (χ4n) is 3.15. The summed E-state index contributed by atoms with van der Waals surface area (Å²) in [5, 5.41) is 3.39. The van der Waals surface area contributed by atoms with E-state index in [1.54, 1.807) is 0 Å². The normalized spacial score (nSPS) is 21.7. The first-order valence-corrected chi connectivity index (χ1v) is 7.78. The first kappa shape index (κ1) is 14.5. The van der Waals surface area contributed by atoms with Crippen LogP contribution >= 0.6 is 0 Å². The minimum absolute atomic E-state index is 0.701. The number of hydrogen-bond donors (Lipinski definition) is 1. The van der Waals surface area contributed by atoms with E-state index in [1.807, 2.05) is 0 Å². The summed E-state index contributed by atoms with van der Waals surface area (Å²) in [5.74, 6) is 0.757. The molecule has 0 saturated carbocycles. The average Bonchev–Trinajstić information content (AvgIpc) is 2.93. The molecule has 0 amide bonds. The number of nitrogens with zero attached hydrogens (tertiary/aromatic N) is 1. The van der Waals surface area contributed by atoms with Gasteiger partial charge in [-0.05, 0) is 57.3 Å². The van der Waals surface area contributed by atoms with E-state index in [-0.39, 0.29) is 0 Å². The highest BCUT2D eigenvalue weighted by Gasteiger charge is 2.23. The lowest BCUT2D eigenvalue weighted by atomic mass is 9.99. The first-order chi connectivity index (χ1) is 9.33. The van der Waals surface area contributed by atoms with E-state index in [9.17, 15) is 0 Å². The van der Waals surface area contributed by atoms with E-state index >= 15 is 0 Å². The fraction of sp³-hybridized carbons (Fsp3) is 0.647. The van der Waals surface area contributed by atoms with Gasteiger partial charge in [-0.25, -0.2) is 0 Å². The molecule has 0 bridgehead atoms. The van der Waals surface area contributed by atoms with Gasteiger partial charge < -0.3 is 10.2 Å². The molecule has 1 N–H and O–H groups in total. The topological polar surface area (TPSA) is 15.3 Å². The van der Waals surface area contributed by atoms with Gasteiger partial charge in [0.2, 0.25) is 0 Å². The minimum Gasteiger partial charge on any atom is -0.317 e. The van der Waals surface area contributed by atoms with E-state index in [4.69, 9.17) is 0 Å². The molecule has 1 aromatic carbocycles. The number of rotatable bonds is 7. The molecule has 1 fully saturated rings. The monoisotopic (exact) mass is 260 g/mol. The van der Waals surface area contributed by atoms with Crippen LogP contribution in [0.1, 0.15) is 44.1 Å². The van der Waals surface area contributed by atoms with Crippen LogP contribution in [0, 0.1) is 0 Å². The zero-order valence-corrected chi connectivity index (χ0v) is 12.4. The molecular weight excluding hydrogens is 232 g/mol. The lowest BCUT2D eigenvalue weighted by Crippen LogP contribution is -2.27. The zero-order valence-electron chi connectivity index (χ0n) is 12.4. The summed E-state index contributed by atoms with van der Waals surface area (Å²) in [4.78, 5) is 2.64. The van der Waals surface area contributed by atoms with Crippen molar-refractivity contribution in [1.29, 1.82) is 0 Å². The first-order valence-electron chi connectivity index (χ1n) is 7.78. The Labute approximate surface area is 118 Å². The Morgan fingerprint density at radius 1 is 1.32 bits per heavy atom. The molecule has 0 aromatic heterocycles. The second-order valence-corrected chi connectivity index (χ2v) is 5.73. The van der Waals surface area contributed by atoms with Crippen molar-refractivity contribution in [3.05, 3.63) is 35.9 Å². The van der Waals surface area contributed by atoms with E-state index in [2.05, 4.69) is 54.5 Å². The average molecular weight is 260 g/mol. The van der Waals surface area contributed by atoms with Crippen molar-refractivity contribution < 1.29 is 0 Å². The van der Waals surface area contributed by atoms with E-state index in [0.29, 0.717) is 6.04 Å². The van der Waals surface area contributed by atoms with E-state index < -0.39 is 0 Å². The van der Waals surface area contributed by atoms with Crippen LogP contribution in [-0.4, -0.2) is 37.6 Å². The van der Waals surface area contributed by atoms with Crippen LogP contribution in [-0.2, 0) is 0 Å². The molecule has 1 aliphatic rings. The fourth-order valence-corrected chi connectivity index (χ4v) is 3.15. The van der Waals surface area contributed by atoms with Crippen LogP contribution in [0.2, 0.25) is 0 Å². The van der Waals surface area contributed by atoms with Gasteiger partial charge in [-0.3, -0.25) is 0 Å². The number of nitrogens with one attached hydrogen (secondary N) is 1. The quantitative estimate of drug-likeness (QED) is 0.809. The van der Waals surface area contributed by atoms with Crippen molar-refractivity contribution in [1.82, 2.24) is 10.2 Å². The Morgan fingerprint density at radius 3 is 2.79 bits per heavy atom. The predicted molar refractivity (Wildman–Crippen MR) is 82.6 cm³/mol. The molecule has 2 rings (SSSR count). The Hall–Kier alpha value is -0.860. The second kappa shape index (κ2) is 7.66. The van der Waals surface area contributed by atoms with Gasteiger partial charge >= 0.3 is 0 Å². The predicted octanol–water partition coefficient (Wildman–Crippen LogP) is 3.25. The molecule has 106 valence electrons. The van der Waals surface area contributed by atoms with Crippen molar-refractivity contribution in [2.45, 2.75) is 44.6 Å². The van der Waals surface area contributed by atoms with Crippen LogP contribution in [0.5, 0.6) is 0 Å². The van der Waals surface area contributed by atoms with Gasteiger partial charge in [0.25, 0.3) is 0 Å². The summed E-state index contributed by atoms with van der Waals surface area (Å²) in [6.45, 7) is 6.06. The molecule has 2 heteroatoms. The van der Waals surface area contributed by atoms with Crippen molar-refractivity contribution in [3.8, 4) is 0 Å². The number of hydrogen-bond acceptors (Lipinski definition) is 2. The number of benzene rings is 1.